The van der Waals surface area contributed by atoms with Crippen molar-refractivity contribution in [2.45, 2.75) is 0 Å². The van der Waals surface area contributed by atoms with Crippen molar-refractivity contribution in [3.05, 3.63) is 35.4 Å². The lowest BCUT2D eigenvalue weighted by Gasteiger charge is -1.89. The number of nitriles is 1. The smallest absolute Gasteiger partial charge is 0.255 e. The Morgan fingerprint density at radius 1 is 1.73 bits per heavy atom. The van der Waals surface area contributed by atoms with Crippen LogP contribution in [0.5, 0.6) is 0 Å². The first-order valence-electron chi connectivity index (χ1n) is 2.85. The van der Waals surface area contributed by atoms with Crippen LogP contribution < -0.4 is 0 Å². The van der Waals surface area contributed by atoms with Gasteiger partial charge in [-0.3, -0.25) is 4.79 Å². The summed E-state index contributed by atoms with van der Waals surface area (Å²) in [5.74, 6) is 0. The highest BCUT2D eigenvalue weighted by Crippen LogP contribution is 2.04. The molecule has 0 aliphatic carbocycles. The zero-order chi connectivity index (χ0) is 8.27. The molecule has 0 N–H and O–H groups in total. The highest BCUT2D eigenvalue weighted by atomic mass is 19.1. The van der Waals surface area contributed by atoms with E-state index >= 15 is 0 Å². The van der Waals surface area contributed by atoms with E-state index in [4.69, 9.17) is 5.26 Å². The van der Waals surface area contributed by atoms with Crippen molar-refractivity contribution in [3.63, 3.8) is 0 Å². The summed E-state index contributed by atoms with van der Waals surface area (Å²) in [4.78, 5) is 10.1. The standard InChI is InChI=1S/C8H3FNO/c9-8(11)7-3-1-2-6(4-7)5-10/h1-2,4H. The minimum Gasteiger partial charge on any atom is -0.255 e. The van der Waals surface area contributed by atoms with Crippen LogP contribution in [0, 0.1) is 17.4 Å². The number of nitrogens with zero attached hydrogens (tertiary/aromatic N) is 1. The number of hydrogen-bond donors (Lipinski definition) is 0. The summed E-state index contributed by atoms with van der Waals surface area (Å²) < 4.78 is 12.0. The van der Waals surface area contributed by atoms with Crippen LogP contribution in [0.1, 0.15) is 15.9 Å². The van der Waals surface area contributed by atoms with Gasteiger partial charge in [0.2, 0.25) is 0 Å². The van der Waals surface area contributed by atoms with Gasteiger partial charge in [-0.05, 0) is 18.2 Å². The van der Waals surface area contributed by atoms with Crippen molar-refractivity contribution < 1.29 is 9.18 Å². The predicted octanol–water partition coefficient (Wildman–Crippen LogP) is 1.47. The van der Waals surface area contributed by atoms with Crippen LogP contribution in [0.3, 0.4) is 0 Å². The lowest BCUT2D eigenvalue weighted by atomic mass is 10.1. The minimum absolute atomic E-state index is 0.205. The molecule has 1 radical (unpaired) electrons. The lowest BCUT2D eigenvalue weighted by Crippen LogP contribution is -1.90. The molecule has 0 saturated carbocycles. The fourth-order valence-corrected chi connectivity index (χ4v) is 0.650. The molecule has 2 nitrogen and oxygen atoms in total. The van der Waals surface area contributed by atoms with Gasteiger partial charge >= 0.3 is 6.04 Å². The van der Waals surface area contributed by atoms with E-state index < -0.39 is 6.04 Å². The zero-order valence-corrected chi connectivity index (χ0v) is 5.47. The highest BCUT2D eigenvalue weighted by molar-refractivity contribution is 5.88. The molecule has 0 bridgehead atoms. The Kier molecular flexibility index (Phi) is 1.98. The molecular weight excluding hydrogens is 145 g/mol. The van der Waals surface area contributed by atoms with Gasteiger partial charge in [0.25, 0.3) is 0 Å². The van der Waals surface area contributed by atoms with Crippen molar-refractivity contribution in [1.29, 1.82) is 5.26 Å². The summed E-state index contributed by atoms with van der Waals surface area (Å²) in [6, 6.07) is 6.53. The summed E-state index contributed by atoms with van der Waals surface area (Å²) in [6.45, 7) is 0. The normalized spacial score (nSPS) is 8.73. The average Bonchev–Trinajstić information content (AvgIpc) is 2.05. The van der Waals surface area contributed by atoms with Crippen molar-refractivity contribution in [3.8, 4) is 6.07 Å². The molecule has 1 aromatic carbocycles. The number of carbonyl (C=O) groups is 1. The molecule has 0 aliphatic heterocycles. The topological polar surface area (TPSA) is 40.9 Å². The molecule has 3 heteroatoms. The number of rotatable bonds is 1. The van der Waals surface area contributed by atoms with Gasteiger partial charge in [-0.1, -0.05) is 6.07 Å². The molecule has 0 atom stereocenters. The summed E-state index contributed by atoms with van der Waals surface area (Å²) >= 11 is 0. The largest absolute Gasteiger partial charge is 0.332 e. The number of hydrogen-bond acceptors (Lipinski definition) is 2. The van der Waals surface area contributed by atoms with Crippen LogP contribution in [0.15, 0.2) is 18.2 Å². The SMILES string of the molecule is N#Cc1cc[c]c(C(=O)F)c1. The van der Waals surface area contributed by atoms with Gasteiger partial charge in [-0.25, -0.2) is 0 Å². The van der Waals surface area contributed by atoms with Crippen LogP contribution in [0.4, 0.5) is 4.39 Å². The summed E-state index contributed by atoms with van der Waals surface area (Å²) in [5.41, 5.74) is 0.0498. The molecule has 0 aliphatic rings. The molecule has 0 spiro atoms. The van der Waals surface area contributed by atoms with Gasteiger partial charge < -0.3 is 0 Å². The molecule has 0 amide bonds. The zero-order valence-electron chi connectivity index (χ0n) is 5.47. The van der Waals surface area contributed by atoms with Gasteiger partial charge in [0.1, 0.15) is 0 Å². The Bertz CT molecular complexity index is 327. The van der Waals surface area contributed by atoms with Gasteiger partial charge in [-0.15, -0.1) is 0 Å². The molecule has 0 heterocycles. The quantitative estimate of drug-likeness (QED) is 0.566. The Hall–Kier alpha value is -1.69. The first kappa shape index (κ1) is 7.42. The second-order valence-electron chi connectivity index (χ2n) is 1.88. The van der Waals surface area contributed by atoms with E-state index in [2.05, 4.69) is 6.07 Å². The maximum Gasteiger partial charge on any atom is 0.332 e. The summed E-state index contributed by atoms with van der Waals surface area (Å²) in [7, 11) is 0. The van der Waals surface area contributed by atoms with Crippen LogP contribution >= 0.6 is 0 Å². The molecule has 11 heavy (non-hydrogen) atoms. The number of benzene rings is 1. The maximum absolute atomic E-state index is 12.0. The van der Waals surface area contributed by atoms with Crippen LogP contribution in [0.25, 0.3) is 0 Å². The third-order valence-corrected chi connectivity index (χ3v) is 1.14. The van der Waals surface area contributed by atoms with E-state index in [0.29, 0.717) is 0 Å². The second kappa shape index (κ2) is 2.93. The third-order valence-electron chi connectivity index (χ3n) is 1.14. The minimum atomic E-state index is -1.57. The Labute approximate surface area is 62.9 Å². The third kappa shape index (κ3) is 1.62. The van der Waals surface area contributed by atoms with Gasteiger partial charge in [0, 0.05) is 0 Å². The molecule has 0 unspecified atom stereocenters. The van der Waals surface area contributed by atoms with E-state index in [1.54, 1.807) is 6.07 Å². The average molecular weight is 148 g/mol. The van der Waals surface area contributed by atoms with Gasteiger partial charge in [-0.2, -0.15) is 9.65 Å². The van der Waals surface area contributed by atoms with E-state index in [1.165, 1.54) is 12.1 Å². The molecular formula is C8H3FNO. The monoisotopic (exact) mass is 148 g/mol. The molecule has 0 aromatic heterocycles. The second-order valence-corrected chi connectivity index (χ2v) is 1.88. The van der Waals surface area contributed by atoms with E-state index in [0.717, 1.165) is 6.07 Å². The van der Waals surface area contributed by atoms with Crippen molar-refractivity contribution in [1.82, 2.24) is 0 Å². The Morgan fingerprint density at radius 3 is 3.00 bits per heavy atom. The Morgan fingerprint density at radius 2 is 2.45 bits per heavy atom. The molecule has 0 fully saturated rings. The summed E-state index contributed by atoms with van der Waals surface area (Å²) in [5, 5.41) is 8.35. The van der Waals surface area contributed by atoms with Crippen LogP contribution in [-0.2, 0) is 0 Å². The van der Waals surface area contributed by atoms with E-state index in [1.807, 2.05) is 0 Å². The summed E-state index contributed by atoms with van der Waals surface area (Å²) in [6.07, 6.45) is 0. The first-order chi connectivity index (χ1) is 5.24. The van der Waals surface area contributed by atoms with Gasteiger partial charge in [0.05, 0.1) is 17.2 Å². The maximum atomic E-state index is 12.0. The highest BCUT2D eigenvalue weighted by Gasteiger charge is 2.03. The number of carbonyl (C=O) groups excluding carboxylic acids is 1. The van der Waals surface area contributed by atoms with E-state index in [-0.39, 0.29) is 11.1 Å². The lowest BCUT2D eigenvalue weighted by molar-refractivity contribution is 0.0835. The van der Waals surface area contributed by atoms with Crippen molar-refractivity contribution >= 4 is 6.04 Å². The van der Waals surface area contributed by atoms with Crippen LogP contribution in [-0.4, -0.2) is 6.04 Å². The van der Waals surface area contributed by atoms with E-state index in [9.17, 15) is 9.18 Å². The number of halogens is 1. The van der Waals surface area contributed by atoms with Crippen molar-refractivity contribution in [2.75, 3.05) is 0 Å². The fourth-order valence-electron chi connectivity index (χ4n) is 0.650. The van der Waals surface area contributed by atoms with Crippen molar-refractivity contribution in [2.24, 2.45) is 0 Å². The molecule has 53 valence electrons. The van der Waals surface area contributed by atoms with Gasteiger partial charge in [0.15, 0.2) is 0 Å². The Balaban J connectivity index is 3.13. The first-order valence-corrected chi connectivity index (χ1v) is 2.85. The van der Waals surface area contributed by atoms with Crippen LogP contribution in [0.2, 0.25) is 0 Å². The fraction of sp³-hybridized carbons (Fsp3) is 0. The molecule has 1 aromatic rings. The molecule has 1 rings (SSSR count). The predicted molar refractivity (Wildman–Crippen MR) is 35.4 cm³/mol. The molecule has 0 saturated heterocycles.